The third-order valence-electron chi connectivity index (χ3n) is 4.79. The van der Waals surface area contributed by atoms with Crippen molar-refractivity contribution in [2.75, 3.05) is 6.61 Å². The zero-order valence-corrected chi connectivity index (χ0v) is 16.9. The highest BCUT2D eigenvalue weighted by atomic mass is 16.5. The Balaban J connectivity index is 2.27. The average Bonchev–Trinajstić information content (AvgIpc) is 2.55. The van der Waals surface area contributed by atoms with Crippen LogP contribution in [0.1, 0.15) is 55.5 Å². The van der Waals surface area contributed by atoms with Crippen LogP contribution in [0.15, 0.2) is 36.4 Å². The summed E-state index contributed by atoms with van der Waals surface area (Å²) in [6.45, 7) is 14.5. The number of hydrogen-bond donors (Lipinski definition) is 0. The minimum Gasteiger partial charge on any atom is -0.493 e. The first-order valence-corrected chi connectivity index (χ1v) is 9.67. The van der Waals surface area contributed by atoms with Crippen LogP contribution < -0.4 is 4.74 Å². The van der Waals surface area contributed by atoms with Gasteiger partial charge in [0.05, 0.1) is 6.61 Å². The molecule has 0 N–H and O–H groups in total. The molecule has 0 unspecified atom stereocenters. The second-order valence-corrected chi connectivity index (χ2v) is 8.04. The van der Waals surface area contributed by atoms with Crippen LogP contribution in [0.3, 0.4) is 0 Å². The molecule has 0 heterocycles. The fourth-order valence-electron chi connectivity index (χ4n) is 3.53. The molecule has 25 heavy (non-hydrogen) atoms. The normalized spacial score (nSPS) is 11.4. The van der Waals surface area contributed by atoms with E-state index in [1.54, 1.807) is 11.1 Å². The molecule has 0 saturated heterocycles. The zero-order valence-electron chi connectivity index (χ0n) is 16.9. The Kier molecular flexibility index (Phi) is 7.11. The van der Waals surface area contributed by atoms with Gasteiger partial charge in [-0.05, 0) is 78.5 Å². The minimum absolute atomic E-state index is 0.668. The third-order valence-corrected chi connectivity index (χ3v) is 4.79. The molecule has 2 aromatic rings. The first-order chi connectivity index (χ1) is 11.9. The zero-order chi connectivity index (χ0) is 18.4. The summed E-state index contributed by atoms with van der Waals surface area (Å²) in [4.78, 5) is 0. The lowest BCUT2D eigenvalue weighted by Crippen LogP contribution is -2.12. The van der Waals surface area contributed by atoms with E-state index in [0.29, 0.717) is 11.8 Å². The lowest BCUT2D eigenvalue weighted by molar-refractivity contribution is 0.321. The van der Waals surface area contributed by atoms with Crippen LogP contribution in [-0.4, -0.2) is 6.61 Å². The van der Waals surface area contributed by atoms with E-state index in [9.17, 15) is 0 Å². The maximum atomic E-state index is 5.99. The Morgan fingerprint density at radius 2 is 1.48 bits per heavy atom. The molecule has 1 nitrogen and oxygen atoms in total. The van der Waals surface area contributed by atoms with Gasteiger partial charge in [0, 0.05) is 6.42 Å². The Bertz CT molecular complexity index is 668. The van der Waals surface area contributed by atoms with Gasteiger partial charge in [0.2, 0.25) is 0 Å². The summed E-state index contributed by atoms with van der Waals surface area (Å²) in [5.41, 5.74) is 7.49. The number of hydrogen-bond acceptors (Lipinski definition) is 1. The van der Waals surface area contributed by atoms with E-state index in [-0.39, 0.29) is 0 Å². The Morgan fingerprint density at radius 3 is 2.08 bits per heavy atom. The van der Waals surface area contributed by atoms with Crippen molar-refractivity contribution < 1.29 is 4.74 Å². The molecule has 0 radical (unpaired) electrons. The maximum Gasteiger partial charge on any atom is 0.119 e. The summed E-state index contributed by atoms with van der Waals surface area (Å²) < 4.78 is 5.99. The van der Waals surface area contributed by atoms with Crippen molar-refractivity contribution in [2.24, 2.45) is 11.8 Å². The van der Waals surface area contributed by atoms with E-state index in [1.807, 2.05) is 30.3 Å². The first-order valence-electron chi connectivity index (χ1n) is 9.67. The summed E-state index contributed by atoms with van der Waals surface area (Å²) in [5.74, 6) is 2.31. The van der Waals surface area contributed by atoms with Crippen LogP contribution in [0.5, 0.6) is 5.75 Å². The van der Waals surface area contributed by atoms with Gasteiger partial charge in [-0.25, -0.2) is 0 Å². The molecule has 0 atom stereocenters. The SMILES string of the molecule is Cc1cc(CC(C)C)c(CC(C)C)c(CCOc2ccccc2)c1C. The average molecular weight is 339 g/mol. The van der Waals surface area contributed by atoms with Crippen LogP contribution in [-0.2, 0) is 19.3 Å². The molecular weight excluding hydrogens is 304 g/mol. The highest BCUT2D eigenvalue weighted by molar-refractivity contribution is 5.46. The van der Waals surface area contributed by atoms with E-state index >= 15 is 0 Å². The van der Waals surface area contributed by atoms with Crippen LogP contribution in [0, 0.1) is 25.7 Å². The van der Waals surface area contributed by atoms with Gasteiger partial charge < -0.3 is 4.74 Å². The molecular formula is C24H34O. The smallest absolute Gasteiger partial charge is 0.119 e. The second-order valence-electron chi connectivity index (χ2n) is 8.04. The molecule has 0 spiro atoms. The fourth-order valence-corrected chi connectivity index (χ4v) is 3.53. The lowest BCUT2D eigenvalue weighted by Gasteiger charge is -2.22. The summed E-state index contributed by atoms with van der Waals surface area (Å²) in [5, 5.41) is 0. The molecule has 0 bridgehead atoms. The number of benzene rings is 2. The van der Waals surface area contributed by atoms with E-state index < -0.39 is 0 Å². The molecule has 0 amide bonds. The molecule has 0 saturated carbocycles. The molecule has 2 aromatic carbocycles. The van der Waals surface area contributed by atoms with Crippen LogP contribution in [0.2, 0.25) is 0 Å². The maximum absolute atomic E-state index is 5.99. The number of ether oxygens (including phenoxy) is 1. The minimum atomic E-state index is 0.668. The molecule has 0 fully saturated rings. The summed E-state index contributed by atoms with van der Waals surface area (Å²) >= 11 is 0. The predicted octanol–water partition coefficient (Wildman–Crippen LogP) is 6.32. The highest BCUT2D eigenvalue weighted by Crippen LogP contribution is 2.28. The van der Waals surface area contributed by atoms with E-state index in [4.69, 9.17) is 4.74 Å². The molecule has 1 heteroatoms. The van der Waals surface area contributed by atoms with Gasteiger partial charge in [-0.3, -0.25) is 0 Å². The molecule has 2 rings (SSSR count). The molecule has 0 aliphatic carbocycles. The first kappa shape index (κ1) is 19.6. The van der Waals surface area contributed by atoms with Gasteiger partial charge in [-0.1, -0.05) is 52.0 Å². The molecule has 0 aliphatic heterocycles. The van der Waals surface area contributed by atoms with Crippen molar-refractivity contribution in [3.05, 3.63) is 64.2 Å². The summed E-state index contributed by atoms with van der Waals surface area (Å²) in [6.07, 6.45) is 3.30. The Morgan fingerprint density at radius 1 is 0.840 bits per heavy atom. The van der Waals surface area contributed by atoms with Gasteiger partial charge in [-0.2, -0.15) is 0 Å². The van der Waals surface area contributed by atoms with Gasteiger partial charge in [-0.15, -0.1) is 0 Å². The Hall–Kier alpha value is -1.76. The van der Waals surface area contributed by atoms with Crippen LogP contribution in [0.4, 0.5) is 0 Å². The van der Waals surface area contributed by atoms with Gasteiger partial charge in [0.15, 0.2) is 0 Å². The summed E-state index contributed by atoms with van der Waals surface area (Å²) in [6, 6.07) is 12.6. The van der Waals surface area contributed by atoms with Gasteiger partial charge in [0.1, 0.15) is 5.75 Å². The van der Waals surface area contributed by atoms with Crippen molar-refractivity contribution in [3.8, 4) is 5.75 Å². The van der Waals surface area contributed by atoms with E-state index in [1.165, 1.54) is 16.7 Å². The molecule has 0 aromatic heterocycles. The van der Waals surface area contributed by atoms with E-state index in [2.05, 4.69) is 47.6 Å². The fraction of sp³-hybridized carbons (Fsp3) is 0.500. The Labute approximate surface area is 154 Å². The second kappa shape index (κ2) is 9.08. The lowest BCUT2D eigenvalue weighted by atomic mass is 9.84. The monoisotopic (exact) mass is 338 g/mol. The third kappa shape index (κ3) is 5.63. The van der Waals surface area contributed by atoms with Crippen LogP contribution in [0.25, 0.3) is 0 Å². The van der Waals surface area contributed by atoms with Gasteiger partial charge >= 0.3 is 0 Å². The molecule has 0 aliphatic rings. The number of rotatable bonds is 8. The van der Waals surface area contributed by atoms with Crippen molar-refractivity contribution in [1.82, 2.24) is 0 Å². The summed E-state index contributed by atoms with van der Waals surface area (Å²) in [7, 11) is 0. The van der Waals surface area contributed by atoms with E-state index in [0.717, 1.165) is 31.6 Å². The quantitative estimate of drug-likeness (QED) is 0.547. The predicted molar refractivity (Wildman–Crippen MR) is 109 cm³/mol. The van der Waals surface area contributed by atoms with Crippen molar-refractivity contribution in [2.45, 2.75) is 60.8 Å². The standard InChI is InChI=1S/C24H34O/c1-17(2)14-21-16-19(5)20(6)23(24(21)15-18(3)4)12-13-25-22-10-8-7-9-11-22/h7-11,16-18H,12-15H2,1-6H3. The van der Waals surface area contributed by atoms with Crippen molar-refractivity contribution >= 4 is 0 Å². The largest absolute Gasteiger partial charge is 0.493 e. The topological polar surface area (TPSA) is 9.23 Å². The highest BCUT2D eigenvalue weighted by Gasteiger charge is 2.16. The van der Waals surface area contributed by atoms with Gasteiger partial charge in [0.25, 0.3) is 0 Å². The molecule has 136 valence electrons. The number of aryl methyl sites for hydroxylation is 1. The van der Waals surface area contributed by atoms with Crippen LogP contribution >= 0.6 is 0 Å². The van der Waals surface area contributed by atoms with Crippen molar-refractivity contribution in [1.29, 1.82) is 0 Å². The number of para-hydroxylation sites is 1. The van der Waals surface area contributed by atoms with Crippen molar-refractivity contribution in [3.63, 3.8) is 0 Å².